The Bertz CT molecular complexity index is 1270. The van der Waals surface area contributed by atoms with Crippen molar-refractivity contribution in [1.82, 2.24) is 0 Å². The van der Waals surface area contributed by atoms with E-state index in [0.717, 1.165) is 30.2 Å². The van der Waals surface area contributed by atoms with Gasteiger partial charge in [-0.25, -0.2) is 4.39 Å². The predicted molar refractivity (Wildman–Crippen MR) is 160 cm³/mol. The zero-order valence-electron chi connectivity index (χ0n) is 26.5. The molecule has 1 saturated carbocycles. The van der Waals surface area contributed by atoms with E-state index < -0.39 is 37.6 Å². The maximum Gasteiger partial charge on any atom is 0.416 e. The molecule has 2 saturated heterocycles. The molecule has 9 heteroatoms. The summed E-state index contributed by atoms with van der Waals surface area (Å²) < 4.78 is 76.0. The predicted octanol–water partition coefficient (Wildman–Crippen LogP) is 9.07. The Morgan fingerprint density at radius 2 is 1.69 bits per heavy atom. The maximum atomic E-state index is 15.7. The van der Waals surface area contributed by atoms with Crippen molar-refractivity contribution in [1.29, 1.82) is 0 Å². The van der Waals surface area contributed by atoms with Gasteiger partial charge in [0.1, 0.15) is 5.82 Å². The highest BCUT2D eigenvalue weighted by Crippen LogP contribution is 2.60. The fourth-order valence-electron chi connectivity index (χ4n) is 7.24. The monoisotopic (exact) mass is 609 g/mol. The second-order valence-corrected chi connectivity index (χ2v) is 20.1. The first-order valence-electron chi connectivity index (χ1n) is 15.4. The summed E-state index contributed by atoms with van der Waals surface area (Å²) in [5.41, 5.74) is 1.70. The van der Waals surface area contributed by atoms with E-state index in [2.05, 4.69) is 61.6 Å². The average molecular weight is 610 g/mol. The number of alkyl halides is 3. The number of rotatable bonds is 4. The number of hydrogen-bond donors (Lipinski definition) is 0. The largest absolute Gasteiger partial charge is 0.416 e. The van der Waals surface area contributed by atoms with Crippen LogP contribution in [0.15, 0.2) is 34.3 Å². The standard InChI is InChI=1S/C33H47F4NO3Si/c1-19(2)28-26-27(25-23(38-28)17-31(6,7)18-24(25)41-42(8,9)30(3,4)5)32(12-14-39-15-13-32)40-29(26)21-11-10-20(16-22(21)34)33(35,36)37/h10-11,16,19,23-24,26,29H,12-15,17-18H2,1-9H3/t23?,24-,26?,29+/m0/s1. The summed E-state index contributed by atoms with van der Waals surface area (Å²) in [5, 5.41) is 0.00414. The molecule has 5 rings (SSSR count). The van der Waals surface area contributed by atoms with E-state index in [-0.39, 0.29) is 40.0 Å². The van der Waals surface area contributed by atoms with Gasteiger partial charge in [0.25, 0.3) is 0 Å². The van der Waals surface area contributed by atoms with Crippen LogP contribution in [0.4, 0.5) is 17.6 Å². The number of benzene rings is 1. The highest BCUT2D eigenvalue weighted by atomic mass is 28.4. The highest BCUT2D eigenvalue weighted by molar-refractivity contribution is 6.74. The van der Waals surface area contributed by atoms with Gasteiger partial charge in [0.15, 0.2) is 8.32 Å². The minimum atomic E-state index is -4.63. The molecular formula is C33H47F4NO3Si. The summed E-state index contributed by atoms with van der Waals surface area (Å²) in [6.45, 7) is 21.0. The molecule has 42 heavy (non-hydrogen) atoms. The first-order chi connectivity index (χ1) is 19.3. The molecular weight excluding hydrogens is 562 g/mol. The number of dihydropyridines is 1. The van der Waals surface area contributed by atoms with Crippen LogP contribution in [0.2, 0.25) is 18.1 Å². The molecule has 0 amide bonds. The van der Waals surface area contributed by atoms with Gasteiger partial charge in [-0.3, -0.25) is 4.99 Å². The van der Waals surface area contributed by atoms with Crippen LogP contribution in [0.3, 0.4) is 0 Å². The third kappa shape index (κ3) is 5.56. The lowest BCUT2D eigenvalue weighted by molar-refractivity contribution is -0.137. The summed E-state index contributed by atoms with van der Waals surface area (Å²) in [6.07, 6.45) is -2.63. The molecule has 3 fully saturated rings. The molecule has 1 aromatic carbocycles. The van der Waals surface area contributed by atoms with Gasteiger partial charge in [-0.05, 0) is 65.6 Å². The number of halogens is 4. The Kier molecular flexibility index (Phi) is 7.98. The number of nitrogens with zero attached hydrogens (tertiary/aromatic N) is 1. The van der Waals surface area contributed by atoms with Crippen LogP contribution in [0, 0.1) is 23.1 Å². The quantitative estimate of drug-likeness (QED) is 0.194. The Morgan fingerprint density at radius 1 is 1.05 bits per heavy atom. The van der Waals surface area contributed by atoms with Gasteiger partial charge in [0.05, 0.1) is 35.3 Å². The SMILES string of the molecule is CC(C)C1=NC2CC(C)(C)C[C@H](O[Si](C)(C)C(C)(C)C)C2=C2C1[C@@H](c1ccc(C(F)(F)F)cc1F)OC21CCOCC1. The molecule has 0 N–H and O–H groups in total. The minimum absolute atomic E-state index is 0.00141. The molecule has 2 unspecified atom stereocenters. The van der Waals surface area contributed by atoms with E-state index in [1.165, 1.54) is 11.6 Å². The first kappa shape index (κ1) is 31.9. The first-order valence-corrected chi connectivity index (χ1v) is 18.3. The molecule has 3 aliphatic heterocycles. The third-order valence-corrected chi connectivity index (χ3v) is 14.8. The van der Waals surface area contributed by atoms with Crippen LogP contribution in [-0.2, 0) is 20.1 Å². The minimum Gasteiger partial charge on any atom is -0.410 e. The van der Waals surface area contributed by atoms with Crippen molar-refractivity contribution in [3.63, 3.8) is 0 Å². The van der Waals surface area contributed by atoms with Crippen molar-refractivity contribution >= 4 is 14.0 Å². The number of aliphatic imine (C=N–C) groups is 1. The molecule has 4 nitrogen and oxygen atoms in total. The van der Waals surface area contributed by atoms with E-state index in [9.17, 15) is 13.2 Å². The van der Waals surface area contributed by atoms with Crippen molar-refractivity contribution in [3.05, 3.63) is 46.3 Å². The topological polar surface area (TPSA) is 40.0 Å². The third-order valence-electron chi connectivity index (χ3n) is 10.4. The molecule has 4 aliphatic rings. The number of hydrogen-bond acceptors (Lipinski definition) is 4. The summed E-state index contributed by atoms with van der Waals surface area (Å²) in [6, 6.07) is 2.76. The fraction of sp³-hybridized carbons (Fsp3) is 0.727. The van der Waals surface area contributed by atoms with Crippen LogP contribution >= 0.6 is 0 Å². The molecule has 234 valence electrons. The Hall–Kier alpha value is -1.55. The Morgan fingerprint density at radius 3 is 2.24 bits per heavy atom. The zero-order chi connectivity index (χ0) is 31.0. The second kappa shape index (κ2) is 10.5. The van der Waals surface area contributed by atoms with E-state index in [0.29, 0.717) is 32.1 Å². The van der Waals surface area contributed by atoms with Crippen LogP contribution in [0.5, 0.6) is 0 Å². The lowest BCUT2D eigenvalue weighted by Crippen LogP contribution is -2.52. The number of fused-ring (bicyclic) bond motifs is 3. The van der Waals surface area contributed by atoms with Crippen molar-refractivity contribution in [2.75, 3.05) is 13.2 Å². The fourth-order valence-corrected chi connectivity index (χ4v) is 8.51. The summed E-state index contributed by atoms with van der Waals surface area (Å²) >= 11 is 0. The molecule has 1 spiro atoms. The Labute approximate surface area is 249 Å². The summed E-state index contributed by atoms with van der Waals surface area (Å²) in [4.78, 5) is 5.40. The molecule has 0 radical (unpaired) electrons. The van der Waals surface area contributed by atoms with E-state index in [1.807, 2.05) is 0 Å². The average Bonchev–Trinajstić information content (AvgIpc) is 3.15. The Balaban J connectivity index is 1.73. The second-order valence-electron chi connectivity index (χ2n) is 15.4. The van der Waals surface area contributed by atoms with Crippen LogP contribution in [0.25, 0.3) is 0 Å². The normalized spacial score (nSPS) is 29.5. The lowest BCUT2D eigenvalue weighted by atomic mass is 9.63. The van der Waals surface area contributed by atoms with Gasteiger partial charge < -0.3 is 13.9 Å². The molecule has 4 atom stereocenters. The van der Waals surface area contributed by atoms with Crippen LogP contribution in [0.1, 0.15) is 91.4 Å². The van der Waals surface area contributed by atoms with E-state index >= 15 is 4.39 Å². The smallest absolute Gasteiger partial charge is 0.410 e. The summed E-state index contributed by atoms with van der Waals surface area (Å²) in [5.74, 6) is -1.21. The zero-order valence-corrected chi connectivity index (χ0v) is 27.5. The van der Waals surface area contributed by atoms with Gasteiger partial charge in [-0.2, -0.15) is 13.2 Å². The molecule has 1 aromatic rings. The van der Waals surface area contributed by atoms with Crippen LogP contribution < -0.4 is 0 Å². The van der Waals surface area contributed by atoms with Gasteiger partial charge in [0, 0.05) is 37.3 Å². The molecule has 3 heterocycles. The van der Waals surface area contributed by atoms with E-state index in [4.69, 9.17) is 18.9 Å². The molecule has 0 aromatic heterocycles. The van der Waals surface area contributed by atoms with Crippen molar-refractivity contribution in [2.45, 2.75) is 122 Å². The van der Waals surface area contributed by atoms with Crippen molar-refractivity contribution < 1.29 is 31.5 Å². The van der Waals surface area contributed by atoms with Gasteiger partial charge in [-0.1, -0.05) is 54.5 Å². The maximum absolute atomic E-state index is 15.7. The van der Waals surface area contributed by atoms with Gasteiger partial charge in [0.2, 0.25) is 0 Å². The van der Waals surface area contributed by atoms with Gasteiger partial charge >= 0.3 is 6.18 Å². The molecule has 1 aliphatic carbocycles. The number of ether oxygens (including phenoxy) is 2. The lowest BCUT2D eigenvalue weighted by Gasteiger charge is -2.50. The van der Waals surface area contributed by atoms with Crippen molar-refractivity contribution in [2.24, 2.45) is 22.2 Å². The highest BCUT2D eigenvalue weighted by Gasteiger charge is 2.59. The van der Waals surface area contributed by atoms with E-state index in [1.54, 1.807) is 0 Å². The summed E-state index contributed by atoms with van der Waals surface area (Å²) in [7, 11) is -2.20. The van der Waals surface area contributed by atoms with Crippen molar-refractivity contribution in [3.8, 4) is 0 Å². The van der Waals surface area contributed by atoms with Gasteiger partial charge in [-0.15, -0.1) is 0 Å². The molecule has 0 bridgehead atoms. The van der Waals surface area contributed by atoms with Crippen LogP contribution in [-0.4, -0.2) is 45.0 Å².